The summed E-state index contributed by atoms with van der Waals surface area (Å²) in [7, 11) is 0. The van der Waals surface area contributed by atoms with Crippen LogP contribution in [0.3, 0.4) is 0 Å². The first-order valence-corrected chi connectivity index (χ1v) is 4.50. The maximum Gasteiger partial charge on any atom is 0.187 e. The van der Waals surface area contributed by atoms with Crippen LogP contribution in [0.1, 0.15) is 11.1 Å². The van der Waals surface area contributed by atoms with E-state index in [0.29, 0.717) is 16.0 Å². The summed E-state index contributed by atoms with van der Waals surface area (Å²) in [5.41, 5.74) is 1.02. The van der Waals surface area contributed by atoms with Crippen molar-refractivity contribution in [2.75, 3.05) is 0 Å². The molecule has 0 aromatic heterocycles. The Hall–Kier alpha value is -0.740. The fourth-order valence-corrected chi connectivity index (χ4v) is 1.84. The Kier molecular flexibility index (Phi) is 2.59. The quantitative estimate of drug-likeness (QED) is 0.684. The Labute approximate surface area is 72.7 Å². The Morgan fingerprint density at radius 1 is 1.33 bits per heavy atom. The van der Waals surface area contributed by atoms with Gasteiger partial charge in [-0.3, -0.25) is 0 Å². The maximum atomic E-state index is 12.7. The lowest BCUT2D eigenvalue weighted by molar-refractivity contribution is 0.562. The number of hydrogen-bond acceptors (Lipinski definition) is 1. The van der Waals surface area contributed by atoms with Crippen LogP contribution in [0.2, 0.25) is 0 Å². The Morgan fingerprint density at radius 3 is 2.08 bits per heavy atom. The average Bonchev–Trinajstić information content (AvgIpc) is 1.82. The van der Waals surface area contributed by atoms with Gasteiger partial charge in [-0.15, -0.1) is 0 Å². The van der Waals surface area contributed by atoms with E-state index >= 15 is 0 Å². The molecule has 1 aromatic rings. The molecule has 2 nitrogen and oxygen atoms in total. The molecule has 66 valence electrons. The lowest BCUT2D eigenvalue weighted by Crippen LogP contribution is -1.97. The van der Waals surface area contributed by atoms with Crippen molar-refractivity contribution < 1.29 is 13.2 Å². The molecule has 0 bridgehead atoms. The van der Waals surface area contributed by atoms with Gasteiger partial charge >= 0.3 is 0 Å². The molecule has 0 amide bonds. The van der Waals surface area contributed by atoms with E-state index in [9.17, 15) is 8.60 Å². The Bertz CT molecular complexity index is 313. The highest BCUT2D eigenvalue weighted by Crippen LogP contribution is 2.18. The summed E-state index contributed by atoms with van der Waals surface area (Å²) in [5.74, 6) is -0.376. The molecule has 12 heavy (non-hydrogen) atoms. The molecular formula is C8H9FO2S. The summed E-state index contributed by atoms with van der Waals surface area (Å²) in [5, 5.41) is 0. The molecule has 4 heteroatoms. The molecule has 0 aliphatic heterocycles. The number of aryl methyl sites for hydroxylation is 2. The van der Waals surface area contributed by atoms with Gasteiger partial charge in [0.1, 0.15) is 5.82 Å². The minimum atomic E-state index is -2.03. The van der Waals surface area contributed by atoms with Crippen LogP contribution in [-0.2, 0) is 11.1 Å². The van der Waals surface area contributed by atoms with E-state index in [1.807, 2.05) is 0 Å². The van der Waals surface area contributed by atoms with Gasteiger partial charge in [-0.2, -0.15) is 0 Å². The molecule has 0 fully saturated rings. The van der Waals surface area contributed by atoms with Crippen molar-refractivity contribution in [3.8, 4) is 0 Å². The van der Waals surface area contributed by atoms with Crippen LogP contribution in [-0.4, -0.2) is 8.76 Å². The lowest BCUT2D eigenvalue weighted by atomic mass is 10.1. The SMILES string of the molecule is Cc1cc(F)cc(C)c1S(=O)O. The number of benzene rings is 1. The summed E-state index contributed by atoms with van der Waals surface area (Å²) >= 11 is -2.03. The van der Waals surface area contributed by atoms with Gasteiger partial charge in [-0.05, 0) is 37.1 Å². The van der Waals surface area contributed by atoms with Gasteiger partial charge in [-0.1, -0.05) is 0 Å². The molecular weight excluding hydrogens is 179 g/mol. The van der Waals surface area contributed by atoms with E-state index in [2.05, 4.69) is 0 Å². The monoisotopic (exact) mass is 188 g/mol. The molecule has 1 rings (SSSR count). The van der Waals surface area contributed by atoms with E-state index in [1.165, 1.54) is 12.1 Å². The average molecular weight is 188 g/mol. The van der Waals surface area contributed by atoms with E-state index in [4.69, 9.17) is 4.55 Å². The summed E-state index contributed by atoms with van der Waals surface area (Å²) in [6, 6.07) is 2.49. The Morgan fingerprint density at radius 2 is 1.75 bits per heavy atom. The molecule has 1 aromatic carbocycles. The first-order chi connectivity index (χ1) is 5.52. The van der Waals surface area contributed by atoms with Crippen molar-refractivity contribution in [3.63, 3.8) is 0 Å². The predicted molar refractivity (Wildman–Crippen MR) is 44.9 cm³/mol. The first kappa shape index (κ1) is 9.35. The lowest BCUT2D eigenvalue weighted by Gasteiger charge is -2.04. The zero-order valence-electron chi connectivity index (χ0n) is 6.80. The van der Waals surface area contributed by atoms with Crippen LogP contribution < -0.4 is 0 Å². The van der Waals surface area contributed by atoms with Crippen LogP contribution in [0.15, 0.2) is 17.0 Å². The zero-order chi connectivity index (χ0) is 9.30. The van der Waals surface area contributed by atoms with Gasteiger partial charge in [0.05, 0.1) is 4.90 Å². The third-order valence-corrected chi connectivity index (χ3v) is 2.59. The van der Waals surface area contributed by atoms with Gasteiger partial charge in [0.25, 0.3) is 0 Å². The molecule has 0 spiro atoms. The minimum Gasteiger partial charge on any atom is -0.302 e. The standard InChI is InChI=1S/C8H9FO2S/c1-5-3-7(9)4-6(2)8(5)12(10)11/h3-4H,1-2H3,(H,10,11). The van der Waals surface area contributed by atoms with E-state index in [1.54, 1.807) is 13.8 Å². The summed E-state index contributed by atoms with van der Waals surface area (Å²) < 4.78 is 32.3. The molecule has 0 saturated heterocycles. The molecule has 1 N–H and O–H groups in total. The van der Waals surface area contributed by atoms with Gasteiger partial charge in [0.15, 0.2) is 11.1 Å². The fraction of sp³-hybridized carbons (Fsp3) is 0.250. The molecule has 0 saturated carbocycles. The van der Waals surface area contributed by atoms with Gasteiger partial charge in [-0.25, -0.2) is 8.60 Å². The van der Waals surface area contributed by atoms with Crippen molar-refractivity contribution in [2.24, 2.45) is 0 Å². The molecule has 0 heterocycles. The smallest absolute Gasteiger partial charge is 0.187 e. The summed E-state index contributed by atoms with van der Waals surface area (Å²) in [4.78, 5) is 0.302. The zero-order valence-corrected chi connectivity index (χ0v) is 7.61. The topological polar surface area (TPSA) is 37.3 Å². The van der Waals surface area contributed by atoms with Crippen molar-refractivity contribution >= 4 is 11.1 Å². The van der Waals surface area contributed by atoms with Crippen molar-refractivity contribution in [3.05, 3.63) is 29.1 Å². The highest BCUT2D eigenvalue weighted by Gasteiger charge is 2.09. The minimum absolute atomic E-state index is 0.302. The largest absolute Gasteiger partial charge is 0.302 e. The summed E-state index contributed by atoms with van der Waals surface area (Å²) in [6.45, 7) is 3.22. The summed E-state index contributed by atoms with van der Waals surface area (Å²) in [6.07, 6.45) is 0. The van der Waals surface area contributed by atoms with E-state index < -0.39 is 11.1 Å². The van der Waals surface area contributed by atoms with Crippen LogP contribution in [0, 0.1) is 19.7 Å². The number of rotatable bonds is 1. The van der Waals surface area contributed by atoms with Crippen LogP contribution in [0.25, 0.3) is 0 Å². The third-order valence-electron chi connectivity index (χ3n) is 1.60. The number of halogens is 1. The van der Waals surface area contributed by atoms with Gasteiger partial charge in [0.2, 0.25) is 0 Å². The van der Waals surface area contributed by atoms with Crippen molar-refractivity contribution in [1.29, 1.82) is 0 Å². The normalized spacial score (nSPS) is 13.0. The van der Waals surface area contributed by atoms with Gasteiger partial charge < -0.3 is 4.55 Å². The predicted octanol–water partition coefficient (Wildman–Crippen LogP) is 2.02. The van der Waals surface area contributed by atoms with E-state index in [-0.39, 0.29) is 5.82 Å². The molecule has 1 atom stereocenters. The highest BCUT2D eigenvalue weighted by atomic mass is 32.2. The molecule has 0 aliphatic carbocycles. The number of hydrogen-bond donors (Lipinski definition) is 1. The second kappa shape index (κ2) is 3.33. The van der Waals surface area contributed by atoms with Crippen LogP contribution in [0.4, 0.5) is 4.39 Å². The fourth-order valence-electron chi connectivity index (χ4n) is 1.17. The van der Waals surface area contributed by atoms with Crippen molar-refractivity contribution in [1.82, 2.24) is 0 Å². The molecule has 1 unspecified atom stereocenters. The Balaban J connectivity index is 3.38. The molecule has 0 radical (unpaired) electrons. The second-order valence-electron chi connectivity index (χ2n) is 2.62. The maximum absolute atomic E-state index is 12.7. The second-order valence-corrected chi connectivity index (χ2v) is 3.52. The van der Waals surface area contributed by atoms with Gasteiger partial charge in [0, 0.05) is 0 Å². The molecule has 0 aliphatic rings. The third kappa shape index (κ3) is 1.70. The van der Waals surface area contributed by atoms with Crippen molar-refractivity contribution in [2.45, 2.75) is 18.7 Å². The highest BCUT2D eigenvalue weighted by molar-refractivity contribution is 7.79. The van der Waals surface area contributed by atoms with Crippen LogP contribution in [0.5, 0.6) is 0 Å². The first-order valence-electron chi connectivity index (χ1n) is 3.40. The van der Waals surface area contributed by atoms with Crippen LogP contribution >= 0.6 is 0 Å². The van der Waals surface area contributed by atoms with E-state index in [0.717, 1.165) is 0 Å².